The Hall–Kier alpha value is -2.02. The Morgan fingerprint density at radius 3 is 2.46 bits per heavy atom. The summed E-state index contributed by atoms with van der Waals surface area (Å²) in [6, 6.07) is 15.1. The number of likely N-dealkylation sites (N-methyl/N-ethyl adjacent to an activating group) is 1. The molecule has 26 heavy (non-hydrogen) atoms. The summed E-state index contributed by atoms with van der Waals surface area (Å²) in [4.78, 5) is 15.8. The second-order valence-electron chi connectivity index (χ2n) is 6.65. The molecule has 0 bridgehead atoms. The maximum Gasteiger partial charge on any atom is 0.255 e. The lowest BCUT2D eigenvalue weighted by Gasteiger charge is -2.43. The summed E-state index contributed by atoms with van der Waals surface area (Å²) in [5.74, 6) is 0.339. The van der Waals surface area contributed by atoms with Crippen LogP contribution in [0.4, 0.5) is 5.69 Å². The molecular weight excluding hydrogens is 348 g/mol. The minimum atomic E-state index is -1.22. The molecule has 0 radical (unpaired) electrons. The Morgan fingerprint density at radius 2 is 1.85 bits per heavy atom. The molecule has 0 aromatic heterocycles. The van der Waals surface area contributed by atoms with E-state index in [-0.39, 0.29) is 6.04 Å². The molecule has 5 nitrogen and oxygen atoms in total. The number of benzene rings is 2. The van der Waals surface area contributed by atoms with Gasteiger partial charge in [0.1, 0.15) is 5.75 Å². The highest BCUT2D eigenvalue weighted by molar-refractivity contribution is 8.00. The van der Waals surface area contributed by atoms with E-state index in [1.54, 1.807) is 7.11 Å². The van der Waals surface area contributed by atoms with Crippen LogP contribution < -0.4 is 10.1 Å². The summed E-state index contributed by atoms with van der Waals surface area (Å²) >= 11 is 1.52. The van der Waals surface area contributed by atoms with Crippen molar-refractivity contribution in [3.63, 3.8) is 0 Å². The van der Waals surface area contributed by atoms with Gasteiger partial charge in [-0.15, -0.1) is 11.8 Å². The van der Waals surface area contributed by atoms with Gasteiger partial charge < -0.3 is 20.1 Å². The monoisotopic (exact) mass is 372 g/mol. The number of rotatable bonds is 4. The van der Waals surface area contributed by atoms with Crippen LogP contribution in [0.15, 0.2) is 53.4 Å². The zero-order chi connectivity index (χ0) is 18.9. The van der Waals surface area contributed by atoms with Gasteiger partial charge in [0.15, 0.2) is 6.10 Å². The number of hydrogen-bond acceptors (Lipinski definition) is 5. The SMILES string of the molecule is COc1ccc(C2(C(C)N(C)C)Sc3ccccc3NC(=O)C2O)cc1. The Labute approximate surface area is 158 Å². The number of anilines is 1. The number of amides is 1. The van der Waals surface area contributed by atoms with E-state index in [0.717, 1.165) is 21.9 Å². The van der Waals surface area contributed by atoms with Gasteiger partial charge in [0.25, 0.3) is 5.91 Å². The number of ether oxygens (including phenoxy) is 1. The molecule has 3 rings (SSSR count). The zero-order valence-electron chi connectivity index (χ0n) is 15.4. The largest absolute Gasteiger partial charge is 0.497 e. The van der Waals surface area contributed by atoms with E-state index < -0.39 is 16.8 Å². The number of carbonyl (C=O) groups is 1. The molecule has 2 N–H and O–H groups in total. The van der Waals surface area contributed by atoms with Crippen LogP contribution in [0.25, 0.3) is 0 Å². The number of aliphatic hydroxyl groups is 1. The Bertz CT molecular complexity index is 794. The lowest BCUT2D eigenvalue weighted by Crippen LogP contribution is -2.54. The molecule has 1 amide bonds. The first-order chi connectivity index (χ1) is 12.4. The van der Waals surface area contributed by atoms with Crippen LogP contribution in [0.1, 0.15) is 12.5 Å². The normalized spacial score (nSPS) is 23.8. The zero-order valence-corrected chi connectivity index (χ0v) is 16.2. The van der Waals surface area contributed by atoms with Crippen LogP contribution in [0.2, 0.25) is 0 Å². The summed E-state index contributed by atoms with van der Waals surface area (Å²) in [6.45, 7) is 2.03. The third kappa shape index (κ3) is 3.09. The van der Waals surface area contributed by atoms with Crippen molar-refractivity contribution in [1.29, 1.82) is 0 Å². The number of nitrogens with one attached hydrogen (secondary N) is 1. The summed E-state index contributed by atoms with van der Waals surface area (Å²) in [7, 11) is 5.53. The van der Waals surface area contributed by atoms with E-state index in [1.807, 2.05) is 74.4 Å². The number of fused-ring (bicyclic) bond motifs is 1. The first-order valence-corrected chi connectivity index (χ1v) is 9.29. The molecule has 1 aliphatic rings. The summed E-state index contributed by atoms with van der Waals surface area (Å²) in [5.41, 5.74) is 1.60. The topological polar surface area (TPSA) is 61.8 Å². The van der Waals surface area contributed by atoms with Crippen LogP contribution in [-0.2, 0) is 9.54 Å². The fraction of sp³-hybridized carbons (Fsp3) is 0.350. The number of carbonyl (C=O) groups excluding carboxylic acids is 1. The fourth-order valence-corrected chi connectivity index (χ4v) is 4.89. The smallest absolute Gasteiger partial charge is 0.255 e. The third-order valence-corrected chi connectivity index (χ3v) is 6.73. The van der Waals surface area contributed by atoms with Crippen molar-refractivity contribution in [2.45, 2.75) is 28.7 Å². The first-order valence-electron chi connectivity index (χ1n) is 8.48. The number of methoxy groups -OCH3 is 1. The van der Waals surface area contributed by atoms with Gasteiger partial charge in [-0.25, -0.2) is 0 Å². The van der Waals surface area contributed by atoms with Gasteiger partial charge in [-0.2, -0.15) is 0 Å². The van der Waals surface area contributed by atoms with Crippen molar-refractivity contribution < 1.29 is 14.6 Å². The molecule has 3 unspecified atom stereocenters. The highest BCUT2D eigenvalue weighted by Gasteiger charge is 2.51. The van der Waals surface area contributed by atoms with Gasteiger partial charge in [0.2, 0.25) is 0 Å². The van der Waals surface area contributed by atoms with Crippen LogP contribution in [-0.4, -0.2) is 49.3 Å². The molecule has 0 saturated carbocycles. The molecule has 3 atom stereocenters. The van der Waals surface area contributed by atoms with E-state index in [1.165, 1.54) is 11.8 Å². The summed E-state index contributed by atoms with van der Waals surface area (Å²) < 4.78 is 4.40. The lowest BCUT2D eigenvalue weighted by atomic mass is 9.85. The average molecular weight is 372 g/mol. The molecule has 6 heteroatoms. The highest BCUT2D eigenvalue weighted by Crippen LogP contribution is 2.52. The van der Waals surface area contributed by atoms with Crippen LogP contribution in [0.5, 0.6) is 5.75 Å². The molecule has 138 valence electrons. The molecule has 0 saturated heterocycles. The maximum atomic E-state index is 12.8. The van der Waals surface area contributed by atoms with Crippen molar-refractivity contribution in [2.24, 2.45) is 0 Å². The lowest BCUT2D eigenvalue weighted by molar-refractivity contribution is -0.126. The molecule has 2 aromatic carbocycles. The molecular formula is C20H24N2O3S. The van der Waals surface area contributed by atoms with Gasteiger partial charge in [-0.3, -0.25) is 4.79 Å². The number of nitrogens with zero attached hydrogens (tertiary/aromatic N) is 1. The Kier molecular flexibility index (Phi) is 5.27. The summed E-state index contributed by atoms with van der Waals surface area (Å²) in [6.07, 6.45) is -1.22. The predicted octanol–water partition coefficient (Wildman–Crippen LogP) is 2.95. The average Bonchev–Trinajstić information content (AvgIpc) is 2.76. The van der Waals surface area contributed by atoms with Crippen molar-refractivity contribution in [3.8, 4) is 5.75 Å². The quantitative estimate of drug-likeness (QED) is 0.864. The second-order valence-corrected chi connectivity index (χ2v) is 7.97. The molecule has 2 aromatic rings. The molecule has 1 aliphatic heterocycles. The Balaban J connectivity index is 2.22. The predicted molar refractivity (Wildman–Crippen MR) is 105 cm³/mol. The van der Waals surface area contributed by atoms with Crippen molar-refractivity contribution in [3.05, 3.63) is 54.1 Å². The minimum absolute atomic E-state index is 0.118. The molecule has 1 heterocycles. The molecule has 0 spiro atoms. The number of hydrogen-bond donors (Lipinski definition) is 2. The standard InChI is InChI=1S/C20H24N2O3S/c1-13(22(2)3)20(14-9-11-15(25-4)12-10-14)18(23)19(24)21-16-7-5-6-8-17(16)26-20/h5-13,18,23H,1-4H3,(H,21,24). The van der Waals surface area contributed by atoms with Gasteiger partial charge in [0.05, 0.1) is 17.5 Å². The van der Waals surface area contributed by atoms with Crippen LogP contribution in [0.3, 0.4) is 0 Å². The van der Waals surface area contributed by atoms with Gasteiger partial charge in [-0.1, -0.05) is 24.3 Å². The van der Waals surface area contributed by atoms with E-state index >= 15 is 0 Å². The minimum Gasteiger partial charge on any atom is -0.497 e. The van der Waals surface area contributed by atoms with Gasteiger partial charge >= 0.3 is 0 Å². The number of thioether (sulfide) groups is 1. The maximum absolute atomic E-state index is 12.8. The third-order valence-electron chi connectivity index (χ3n) is 5.01. The van der Waals surface area contributed by atoms with Crippen molar-refractivity contribution >= 4 is 23.4 Å². The fourth-order valence-electron chi connectivity index (χ4n) is 3.30. The van der Waals surface area contributed by atoms with E-state index in [4.69, 9.17) is 4.74 Å². The first kappa shape index (κ1) is 18.8. The van der Waals surface area contributed by atoms with E-state index in [2.05, 4.69) is 5.32 Å². The van der Waals surface area contributed by atoms with Crippen molar-refractivity contribution in [2.75, 3.05) is 26.5 Å². The van der Waals surface area contributed by atoms with E-state index in [9.17, 15) is 9.90 Å². The molecule has 0 fully saturated rings. The van der Waals surface area contributed by atoms with Gasteiger partial charge in [-0.05, 0) is 50.8 Å². The van der Waals surface area contributed by atoms with Gasteiger partial charge in [0, 0.05) is 10.9 Å². The highest BCUT2D eigenvalue weighted by atomic mass is 32.2. The number of para-hydroxylation sites is 1. The number of aliphatic hydroxyl groups excluding tert-OH is 1. The van der Waals surface area contributed by atoms with Crippen LogP contribution in [0, 0.1) is 0 Å². The van der Waals surface area contributed by atoms with E-state index in [0.29, 0.717) is 0 Å². The Morgan fingerprint density at radius 1 is 1.19 bits per heavy atom. The second kappa shape index (κ2) is 7.31. The summed E-state index contributed by atoms with van der Waals surface area (Å²) in [5, 5.41) is 14.0. The van der Waals surface area contributed by atoms with Crippen LogP contribution >= 0.6 is 11.8 Å². The molecule has 0 aliphatic carbocycles. The van der Waals surface area contributed by atoms with Crippen molar-refractivity contribution in [1.82, 2.24) is 4.90 Å².